The molecule has 27 heavy (non-hydrogen) atoms. The van der Waals surface area contributed by atoms with Crippen LogP contribution in [-0.4, -0.2) is 4.98 Å². The van der Waals surface area contributed by atoms with E-state index in [9.17, 15) is 0 Å². The molecule has 2 nitrogen and oxygen atoms in total. The minimum atomic E-state index is 0.467. The van der Waals surface area contributed by atoms with Gasteiger partial charge < -0.3 is 4.74 Å². The molecule has 1 aromatic heterocycles. The Labute approximate surface area is 159 Å². The maximum atomic E-state index is 6.16. The molecule has 1 aliphatic rings. The largest absolute Gasteiger partial charge is 0.488 e. The van der Waals surface area contributed by atoms with E-state index in [0.29, 0.717) is 12.5 Å². The molecular weight excluding hydrogens is 330 g/mol. The van der Waals surface area contributed by atoms with Crippen LogP contribution in [0, 0.1) is 0 Å². The first-order valence-electron chi connectivity index (χ1n) is 9.46. The van der Waals surface area contributed by atoms with Crippen LogP contribution in [0.3, 0.4) is 0 Å². The zero-order chi connectivity index (χ0) is 18.4. The summed E-state index contributed by atoms with van der Waals surface area (Å²) < 4.78 is 6.16. The van der Waals surface area contributed by atoms with Crippen molar-refractivity contribution in [3.05, 3.63) is 83.9 Å². The standard InChI is InChI=1S/C25H21NO/c1-16(2)18-12-13-23-20(14-18)25-21(15-27-23)24(17-8-4-3-5-9-17)19-10-6-7-11-22(19)26-25/h3-14,16H,15H2,1-2H3. The summed E-state index contributed by atoms with van der Waals surface area (Å²) in [6, 6.07) is 25.5. The van der Waals surface area contributed by atoms with Gasteiger partial charge in [-0.1, -0.05) is 68.4 Å². The third kappa shape index (κ3) is 2.60. The van der Waals surface area contributed by atoms with Gasteiger partial charge in [-0.15, -0.1) is 0 Å². The highest BCUT2D eigenvalue weighted by atomic mass is 16.5. The topological polar surface area (TPSA) is 22.1 Å². The number of benzene rings is 3. The molecule has 4 aromatic rings. The highest BCUT2D eigenvalue weighted by Gasteiger charge is 2.24. The summed E-state index contributed by atoms with van der Waals surface area (Å²) in [4.78, 5) is 5.06. The number of rotatable bonds is 2. The van der Waals surface area contributed by atoms with Crippen LogP contribution in [0.5, 0.6) is 5.75 Å². The van der Waals surface area contributed by atoms with Crippen molar-refractivity contribution in [3.8, 4) is 28.1 Å². The van der Waals surface area contributed by atoms with E-state index in [4.69, 9.17) is 9.72 Å². The average molecular weight is 351 g/mol. The molecule has 0 atom stereocenters. The second kappa shape index (κ2) is 6.24. The number of hydrogen-bond donors (Lipinski definition) is 0. The van der Waals surface area contributed by atoms with E-state index in [0.717, 1.165) is 22.5 Å². The van der Waals surface area contributed by atoms with E-state index < -0.39 is 0 Å². The Hall–Kier alpha value is -3.13. The lowest BCUT2D eigenvalue weighted by atomic mass is 9.89. The minimum Gasteiger partial charge on any atom is -0.488 e. The van der Waals surface area contributed by atoms with Gasteiger partial charge in [0, 0.05) is 16.5 Å². The lowest BCUT2D eigenvalue weighted by molar-refractivity contribution is 0.302. The number of ether oxygens (including phenoxy) is 1. The van der Waals surface area contributed by atoms with Crippen LogP contribution in [0.15, 0.2) is 72.8 Å². The molecule has 0 N–H and O–H groups in total. The first-order chi connectivity index (χ1) is 13.2. The molecule has 2 heteroatoms. The number of nitrogens with zero attached hydrogens (tertiary/aromatic N) is 1. The minimum absolute atomic E-state index is 0.467. The maximum Gasteiger partial charge on any atom is 0.129 e. The van der Waals surface area contributed by atoms with Gasteiger partial charge in [-0.3, -0.25) is 0 Å². The fourth-order valence-electron chi connectivity index (χ4n) is 3.92. The number of pyridine rings is 1. The summed E-state index contributed by atoms with van der Waals surface area (Å²) in [6.07, 6.45) is 0. The molecule has 1 aliphatic heterocycles. The van der Waals surface area contributed by atoms with E-state index in [1.54, 1.807) is 0 Å². The molecule has 0 saturated heterocycles. The molecule has 5 rings (SSSR count). The summed E-state index contributed by atoms with van der Waals surface area (Å²) in [6.45, 7) is 4.98. The van der Waals surface area contributed by atoms with Crippen molar-refractivity contribution in [2.24, 2.45) is 0 Å². The van der Waals surface area contributed by atoms with Crippen molar-refractivity contribution in [2.45, 2.75) is 26.4 Å². The Morgan fingerprint density at radius 1 is 0.889 bits per heavy atom. The highest BCUT2D eigenvalue weighted by molar-refractivity contribution is 6.00. The predicted molar refractivity (Wildman–Crippen MR) is 111 cm³/mol. The van der Waals surface area contributed by atoms with E-state index in [2.05, 4.69) is 86.6 Å². The molecule has 0 radical (unpaired) electrons. The number of fused-ring (bicyclic) bond motifs is 4. The van der Waals surface area contributed by atoms with Crippen LogP contribution in [0.4, 0.5) is 0 Å². The van der Waals surface area contributed by atoms with Gasteiger partial charge in [0.2, 0.25) is 0 Å². The summed E-state index contributed by atoms with van der Waals surface area (Å²) in [5.74, 6) is 1.39. The Balaban J connectivity index is 1.86. The molecule has 132 valence electrons. The van der Waals surface area contributed by atoms with Crippen molar-refractivity contribution in [1.29, 1.82) is 0 Å². The van der Waals surface area contributed by atoms with Gasteiger partial charge in [0.05, 0.1) is 11.2 Å². The van der Waals surface area contributed by atoms with Crippen molar-refractivity contribution < 1.29 is 4.74 Å². The second-order valence-electron chi connectivity index (χ2n) is 7.40. The third-order valence-electron chi connectivity index (χ3n) is 5.35. The van der Waals surface area contributed by atoms with Crippen molar-refractivity contribution in [1.82, 2.24) is 4.98 Å². The van der Waals surface area contributed by atoms with E-state index >= 15 is 0 Å². The van der Waals surface area contributed by atoms with Gasteiger partial charge in [0.25, 0.3) is 0 Å². The molecule has 0 saturated carbocycles. The Morgan fingerprint density at radius 2 is 1.67 bits per heavy atom. The molecule has 3 aromatic carbocycles. The lowest BCUT2D eigenvalue weighted by Gasteiger charge is -2.25. The second-order valence-corrected chi connectivity index (χ2v) is 7.40. The lowest BCUT2D eigenvalue weighted by Crippen LogP contribution is -2.10. The van der Waals surface area contributed by atoms with Gasteiger partial charge in [-0.25, -0.2) is 4.98 Å². The van der Waals surface area contributed by atoms with E-state index in [-0.39, 0.29) is 0 Å². The van der Waals surface area contributed by atoms with E-state index in [1.807, 2.05) is 0 Å². The molecule has 2 heterocycles. The Kier molecular flexibility index (Phi) is 3.71. The fourth-order valence-corrected chi connectivity index (χ4v) is 3.92. The van der Waals surface area contributed by atoms with Gasteiger partial charge in [0.15, 0.2) is 0 Å². The molecule has 0 amide bonds. The summed E-state index contributed by atoms with van der Waals surface area (Å²) in [5, 5.41) is 1.18. The van der Waals surface area contributed by atoms with Crippen LogP contribution in [0.1, 0.15) is 30.9 Å². The van der Waals surface area contributed by atoms with Crippen molar-refractivity contribution in [3.63, 3.8) is 0 Å². The smallest absolute Gasteiger partial charge is 0.129 e. The van der Waals surface area contributed by atoms with Gasteiger partial charge in [-0.05, 0) is 40.8 Å². The molecule has 0 bridgehead atoms. The molecule has 0 aliphatic carbocycles. The summed E-state index contributed by atoms with van der Waals surface area (Å²) >= 11 is 0. The first kappa shape index (κ1) is 16.1. The number of hydrogen-bond acceptors (Lipinski definition) is 2. The number of aromatic nitrogens is 1. The first-order valence-corrected chi connectivity index (χ1v) is 9.46. The van der Waals surface area contributed by atoms with Gasteiger partial charge in [-0.2, -0.15) is 0 Å². The van der Waals surface area contributed by atoms with Gasteiger partial charge >= 0.3 is 0 Å². The Bertz CT molecular complexity index is 1150. The fraction of sp³-hybridized carbons (Fsp3) is 0.160. The molecule has 0 unspecified atom stereocenters. The van der Waals surface area contributed by atoms with Gasteiger partial charge in [0.1, 0.15) is 12.4 Å². The molecular formula is C25H21NO. The maximum absolute atomic E-state index is 6.16. The summed E-state index contributed by atoms with van der Waals surface area (Å²) in [5.41, 5.74) is 8.10. The zero-order valence-electron chi connectivity index (χ0n) is 15.6. The van der Waals surface area contributed by atoms with Crippen molar-refractivity contribution in [2.75, 3.05) is 0 Å². The van der Waals surface area contributed by atoms with Crippen molar-refractivity contribution >= 4 is 10.9 Å². The molecule has 0 spiro atoms. The summed E-state index contributed by atoms with van der Waals surface area (Å²) in [7, 11) is 0. The highest BCUT2D eigenvalue weighted by Crippen LogP contribution is 2.44. The average Bonchev–Trinajstić information content (AvgIpc) is 2.72. The van der Waals surface area contributed by atoms with E-state index in [1.165, 1.54) is 27.6 Å². The zero-order valence-corrected chi connectivity index (χ0v) is 15.6. The Morgan fingerprint density at radius 3 is 2.48 bits per heavy atom. The normalized spacial score (nSPS) is 12.6. The van der Waals surface area contributed by atoms with Crippen LogP contribution in [0.25, 0.3) is 33.3 Å². The van der Waals surface area contributed by atoms with Crippen LogP contribution in [0.2, 0.25) is 0 Å². The quantitative estimate of drug-likeness (QED) is 0.407. The van der Waals surface area contributed by atoms with Crippen LogP contribution < -0.4 is 4.74 Å². The number of para-hydroxylation sites is 1. The molecule has 0 fully saturated rings. The van der Waals surface area contributed by atoms with Crippen LogP contribution in [-0.2, 0) is 6.61 Å². The van der Waals surface area contributed by atoms with Crippen LogP contribution >= 0.6 is 0 Å². The predicted octanol–water partition coefficient (Wildman–Crippen LogP) is 6.58. The SMILES string of the molecule is CC(C)c1ccc2c(c1)-c1nc3ccccc3c(-c3ccccc3)c1CO2. The third-order valence-corrected chi connectivity index (χ3v) is 5.35. The monoisotopic (exact) mass is 351 g/mol.